The molecular formula is C22H26ClNO3. The second-order valence-corrected chi connectivity index (χ2v) is 7.49. The van der Waals surface area contributed by atoms with Crippen LogP contribution in [0.25, 0.3) is 0 Å². The standard InChI is InChI=1S/C22H25NO3.ClH/c1-23-18-12-13-19(23)15-20(14-18)26-21(24)22(25,16-8-4-2-5-9-16)17-10-6-3-7-11-17;/h2-11,18-20,25H,12-15H2,1H3;1H/t18-,19+,20+;. The summed E-state index contributed by atoms with van der Waals surface area (Å²) >= 11 is 0. The monoisotopic (exact) mass is 387 g/mol. The van der Waals surface area contributed by atoms with Gasteiger partial charge >= 0.3 is 5.97 Å². The Hall–Kier alpha value is -1.88. The number of aliphatic hydroxyl groups is 1. The van der Waals surface area contributed by atoms with Crippen molar-refractivity contribution in [2.75, 3.05) is 7.05 Å². The molecule has 0 saturated carbocycles. The number of esters is 1. The maximum atomic E-state index is 13.2. The van der Waals surface area contributed by atoms with Crippen LogP contribution in [-0.2, 0) is 15.1 Å². The number of carbonyl (C=O) groups is 1. The zero-order valence-corrected chi connectivity index (χ0v) is 16.3. The summed E-state index contributed by atoms with van der Waals surface area (Å²) in [7, 11) is 2.16. The van der Waals surface area contributed by atoms with Crippen molar-refractivity contribution in [3.8, 4) is 0 Å². The zero-order chi connectivity index (χ0) is 18.1. The predicted molar refractivity (Wildman–Crippen MR) is 107 cm³/mol. The number of nitrogens with zero attached hydrogens (tertiary/aromatic N) is 1. The Morgan fingerprint density at radius 1 is 0.963 bits per heavy atom. The summed E-state index contributed by atoms with van der Waals surface area (Å²) < 4.78 is 5.88. The van der Waals surface area contributed by atoms with Crippen molar-refractivity contribution >= 4 is 18.4 Å². The summed E-state index contributed by atoms with van der Waals surface area (Å²) in [5.41, 5.74) is -0.718. The van der Waals surface area contributed by atoms with Gasteiger partial charge in [-0.2, -0.15) is 0 Å². The fourth-order valence-corrected chi connectivity index (χ4v) is 4.46. The van der Waals surface area contributed by atoms with Crippen molar-refractivity contribution in [2.45, 2.75) is 49.5 Å². The highest BCUT2D eigenvalue weighted by Crippen LogP contribution is 2.37. The van der Waals surface area contributed by atoms with E-state index in [1.54, 1.807) is 24.3 Å². The molecule has 2 aromatic rings. The lowest BCUT2D eigenvalue weighted by Crippen LogP contribution is -2.46. The van der Waals surface area contributed by atoms with Crippen LogP contribution in [0.1, 0.15) is 36.8 Å². The lowest BCUT2D eigenvalue weighted by molar-refractivity contribution is -0.171. The molecule has 0 unspecified atom stereocenters. The van der Waals surface area contributed by atoms with Crippen LogP contribution in [-0.4, -0.2) is 41.2 Å². The van der Waals surface area contributed by atoms with E-state index < -0.39 is 11.6 Å². The Morgan fingerprint density at radius 3 is 1.85 bits per heavy atom. The molecule has 2 fully saturated rings. The molecule has 0 spiro atoms. The number of halogens is 1. The van der Waals surface area contributed by atoms with Gasteiger partial charge in [0.2, 0.25) is 5.60 Å². The molecule has 2 aromatic carbocycles. The van der Waals surface area contributed by atoms with Gasteiger partial charge in [-0.3, -0.25) is 0 Å². The first-order valence-corrected chi connectivity index (χ1v) is 9.35. The summed E-state index contributed by atoms with van der Waals surface area (Å²) in [5.74, 6) is -0.580. The average Bonchev–Trinajstić information content (AvgIpc) is 2.89. The first kappa shape index (κ1) is 19.9. The summed E-state index contributed by atoms with van der Waals surface area (Å²) in [4.78, 5) is 15.6. The molecule has 4 rings (SSSR count). The molecule has 144 valence electrons. The van der Waals surface area contributed by atoms with Gasteiger partial charge in [-0.15, -0.1) is 12.4 Å². The number of carbonyl (C=O) groups excluding carboxylic acids is 1. The van der Waals surface area contributed by atoms with Crippen molar-refractivity contribution < 1.29 is 14.6 Å². The normalized spacial score (nSPS) is 24.9. The van der Waals surface area contributed by atoms with Crippen molar-refractivity contribution in [1.82, 2.24) is 4.90 Å². The summed E-state index contributed by atoms with van der Waals surface area (Å²) in [6.07, 6.45) is 3.89. The molecule has 2 heterocycles. The number of fused-ring (bicyclic) bond motifs is 2. The molecule has 2 aliphatic heterocycles. The summed E-state index contributed by atoms with van der Waals surface area (Å²) in [6, 6.07) is 19.1. The van der Waals surface area contributed by atoms with E-state index in [1.807, 2.05) is 36.4 Å². The second-order valence-electron chi connectivity index (χ2n) is 7.49. The highest BCUT2D eigenvalue weighted by Gasteiger charge is 2.45. The van der Waals surface area contributed by atoms with E-state index in [9.17, 15) is 9.90 Å². The van der Waals surface area contributed by atoms with Crippen LogP contribution in [0.5, 0.6) is 0 Å². The lowest BCUT2D eigenvalue weighted by atomic mass is 9.86. The first-order chi connectivity index (χ1) is 12.6. The molecule has 4 nitrogen and oxygen atoms in total. The Kier molecular flexibility index (Phi) is 5.89. The zero-order valence-electron chi connectivity index (χ0n) is 15.5. The molecule has 1 N–H and O–H groups in total. The maximum Gasteiger partial charge on any atom is 0.347 e. The number of piperidine rings is 1. The van der Waals surface area contributed by atoms with Crippen LogP contribution in [0.15, 0.2) is 60.7 Å². The van der Waals surface area contributed by atoms with E-state index in [-0.39, 0.29) is 18.5 Å². The summed E-state index contributed by atoms with van der Waals surface area (Å²) in [5, 5.41) is 11.5. The molecule has 2 saturated heterocycles. The number of ether oxygens (including phenoxy) is 1. The minimum absolute atomic E-state index is 0. The molecule has 3 atom stereocenters. The average molecular weight is 388 g/mol. The molecule has 2 aliphatic rings. The number of benzene rings is 2. The third-order valence-electron chi connectivity index (χ3n) is 6.01. The Balaban J connectivity index is 0.00000210. The van der Waals surface area contributed by atoms with E-state index in [4.69, 9.17) is 4.74 Å². The highest BCUT2D eigenvalue weighted by atomic mass is 35.5. The summed E-state index contributed by atoms with van der Waals surface area (Å²) in [6.45, 7) is 0. The van der Waals surface area contributed by atoms with Crippen LogP contribution < -0.4 is 0 Å². The lowest BCUT2D eigenvalue weighted by Gasteiger charge is -2.37. The van der Waals surface area contributed by atoms with Gasteiger partial charge in [0.05, 0.1) is 0 Å². The fraction of sp³-hybridized carbons (Fsp3) is 0.409. The van der Waals surface area contributed by atoms with Gasteiger partial charge in [-0.1, -0.05) is 60.7 Å². The SMILES string of the molecule is CN1[C@@H]2CC[C@H]1C[C@@H](OC(=O)C(O)(c1ccccc1)c1ccccc1)C2.Cl. The third kappa shape index (κ3) is 3.62. The van der Waals surface area contributed by atoms with Gasteiger partial charge in [0.1, 0.15) is 6.10 Å². The van der Waals surface area contributed by atoms with Gasteiger partial charge in [0.15, 0.2) is 0 Å². The van der Waals surface area contributed by atoms with E-state index >= 15 is 0 Å². The molecule has 2 bridgehead atoms. The van der Waals surface area contributed by atoms with Gasteiger partial charge in [0.25, 0.3) is 0 Å². The quantitative estimate of drug-likeness (QED) is 0.815. The predicted octanol–water partition coefficient (Wildman–Crippen LogP) is 3.51. The van der Waals surface area contributed by atoms with Crippen LogP contribution in [0, 0.1) is 0 Å². The van der Waals surface area contributed by atoms with Gasteiger partial charge < -0.3 is 14.7 Å². The minimum atomic E-state index is -1.79. The van der Waals surface area contributed by atoms with Crippen molar-refractivity contribution in [3.05, 3.63) is 71.8 Å². The smallest absolute Gasteiger partial charge is 0.347 e. The van der Waals surface area contributed by atoms with Crippen LogP contribution in [0.3, 0.4) is 0 Å². The third-order valence-corrected chi connectivity index (χ3v) is 6.01. The second kappa shape index (κ2) is 8.01. The first-order valence-electron chi connectivity index (χ1n) is 9.35. The van der Waals surface area contributed by atoms with E-state index in [2.05, 4.69) is 11.9 Å². The number of hydrogen-bond acceptors (Lipinski definition) is 4. The van der Waals surface area contributed by atoms with Crippen molar-refractivity contribution in [3.63, 3.8) is 0 Å². The van der Waals surface area contributed by atoms with Crippen molar-refractivity contribution in [2.24, 2.45) is 0 Å². The van der Waals surface area contributed by atoms with Gasteiger partial charge in [-0.05, 0) is 43.9 Å². The number of hydrogen-bond donors (Lipinski definition) is 1. The number of rotatable bonds is 4. The van der Waals surface area contributed by atoms with E-state index in [1.165, 1.54) is 0 Å². The van der Waals surface area contributed by atoms with E-state index in [0.29, 0.717) is 23.2 Å². The topological polar surface area (TPSA) is 49.8 Å². The van der Waals surface area contributed by atoms with E-state index in [0.717, 1.165) is 25.7 Å². The molecule has 0 aromatic heterocycles. The fourth-order valence-electron chi connectivity index (χ4n) is 4.46. The Labute approximate surface area is 166 Å². The van der Waals surface area contributed by atoms with Crippen LogP contribution in [0.2, 0.25) is 0 Å². The Bertz CT molecular complexity index is 714. The van der Waals surface area contributed by atoms with Crippen molar-refractivity contribution in [1.29, 1.82) is 0 Å². The van der Waals surface area contributed by atoms with Crippen LogP contribution in [0.4, 0.5) is 0 Å². The van der Waals surface area contributed by atoms with Gasteiger partial charge in [0, 0.05) is 12.1 Å². The van der Waals surface area contributed by atoms with Gasteiger partial charge in [-0.25, -0.2) is 4.79 Å². The molecular weight excluding hydrogens is 362 g/mol. The molecule has 0 aliphatic carbocycles. The van der Waals surface area contributed by atoms with Crippen LogP contribution >= 0.6 is 12.4 Å². The molecule has 0 radical (unpaired) electrons. The molecule has 5 heteroatoms. The Morgan fingerprint density at radius 2 is 1.41 bits per heavy atom. The highest BCUT2D eigenvalue weighted by molar-refractivity contribution is 5.86. The molecule has 0 amide bonds. The maximum absolute atomic E-state index is 13.2. The molecule has 27 heavy (non-hydrogen) atoms. The minimum Gasteiger partial charge on any atom is -0.460 e. The largest absolute Gasteiger partial charge is 0.460 e.